The van der Waals surface area contributed by atoms with Gasteiger partial charge in [0, 0.05) is 5.57 Å². The zero-order valence-corrected chi connectivity index (χ0v) is 18.2. The lowest BCUT2D eigenvalue weighted by Crippen LogP contribution is -2.46. The molecule has 0 aromatic heterocycles. The van der Waals surface area contributed by atoms with E-state index < -0.39 is 8.32 Å². The number of carbonyl (C=O) groups excluding carboxylic acids is 1. The van der Waals surface area contributed by atoms with Gasteiger partial charge in [-0.25, -0.2) is 0 Å². The van der Waals surface area contributed by atoms with Gasteiger partial charge in [0.1, 0.15) is 0 Å². The maximum Gasteiger partial charge on any atom is 0.192 e. The summed E-state index contributed by atoms with van der Waals surface area (Å²) in [6.07, 6.45) is 13.3. The minimum Gasteiger partial charge on any atom is -0.410 e. The molecular formula is C22H36O2Si. The Labute approximate surface area is 155 Å². The van der Waals surface area contributed by atoms with Gasteiger partial charge in [0.05, 0.1) is 6.10 Å². The molecule has 0 aliphatic heterocycles. The molecule has 0 amide bonds. The predicted octanol–water partition coefficient (Wildman–Crippen LogP) is 6.36. The number of rotatable bonds is 4. The van der Waals surface area contributed by atoms with E-state index >= 15 is 0 Å². The van der Waals surface area contributed by atoms with Crippen LogP contribution in [0.1, 0.15) is 66.7 Å². The first-order valence-corrected chi connectivity index (χ1v) is 12.6. The quantitative estimate of drug-likeness (QED) is 0.431. The van der Waals surface area contributed by atoms with Crippen molar-refractivity contribution in [3.63, 3.8) is 0 Å². The highest BCUT2D eigenvalue weighted by atomic mass is 28.4. The molecule has 0 aromatic rings. The molecule has 2 aliphatic carbocycles. The van der Waals surface area contributed by atoms with Crippen LogP contribution in [0.5, 0.6) is 0 Å². The van der Waals surface area contributed by atoms with Crippen LogP contribution in [0.15, 0.2) is 35.5 Å². The summed E-state index contributed by atoms with van der Waals surface area (Å²) < 4.78 is 6.72. The van der Waals surface area contributed by atoms with E-state index in [1.165, 1.54) is 5.57 Å². The first-order chi connectivity index (χ1) is 11.4. The monoisotopic (exact) mass is 360 g/mol. The highest BCUT2D eigenvalue weighted by Crippen LogP contribution is 2.44. The molecule has 25 heavy (non-hydrogen) atoms. The van der Waals surface area contributed by atoms with Crippen molar-refractivity contribution in [1.82, 2.24) is 0 Å². The smallest absolute Gasteiger partial charge is 0.192 e. The van der Waals surface area contributed by atoms with Crippen molar-refractivity contribution < 1.29 is 9.22 Å². The van der Waals surface area contributed by atoms with Crippen LogP contribution in [0.3, 0.4) is 0 Å². The third-order valence-electron chi connectivity index (χ3n) is 6.02. The summed E-state index contributed by atoms with van der Waals surface area (Å²) >= 11 is 0. The summed E-state index contributed by atoms with van der Waals surface area (Å²) in [5.41, 5.74) is 2.29. The SMILES string of the molecule is CC1(C)CCC(O[Si](C)(C)C(C)(C)C)/C(=C/C(=O)C2=CCCC=C2)C1. The minimum atomic E-state index is -1.85. The Morgan fingerprint density at radius 2 is 1.96 bits per heavy atom. The molecule has 0 aromatic carbocycles. The van der Waals surface area contributed by atoms with Gasteiger partial charge in [-0.15, -0.1) is 0 Å². The van der Waals surface area contributed by atoms with Crippen LogP contribution in [-0.4, -0.2) is 20.2 Å². The van der Waals surface area contributed by atoms with E-state index in [1.807, 2.05) is 12.2 Å². The molecule has 2 aliphatic rings. The first kappa shape index (κ1) is 20.4. The molecule has 0 spiro atoms. The maximum atomic E-state index is 12.7. The lowest BCUT2D eigenvalue weighted by molar-refractivity contribution is -0.111. The summed E-state index contributed by atoms with van der Waals surface area (Å²) in [7, 11) is -1.85. The van der Waals surface area contributed by atoms with Gasteiger partial charge in [0.2, 0.25) is 0 Å². The summed E-state index contributed by atoms with van der Waals surface area (Å²) in [5, 5.41) is 0.184. The van der Waals surface area contributed by atoms with Gasteiger partial charge < -0.3 is 4.43 Å². The molecular weight excluding hydrogens is 324 g/mol. The maximum absolute atomic E-state index is 12.7. The fraction of sp³-hybridized carbons (Fsp3) is 0.682. The average Bonchev–Trinajstić information content (AvgIpc) is 2.49. The van der Waals surface area contributed by atoms with Crippen LogP contribution in [0, 0.1) is 5.41 Å². The Morgan fingerprint density at radius 1 is 1.28 bits per heavy atom. The Morgan fingerprint density at radius 3 is 2.52 bits per heavy atom. The molecule has 1 saturated carbocycles. The van der Waals surface area contributed by atoms with Crippen molar-refractivity contribution in [3.05, 3.63) is 35.5 Å². The number of hydrogen-bond acceptors (Lipinski definition) is 2. The van der Waals surface area contributed by atoms with E-state index in [0.717, 1.165) is 37.7 Å². The number of carbonyl (C=O) groups is 1. The topological polar surface area (TPSA) is 26.3 Å². The van der Waals surface area contributed by atoms with Crippen molar-refractivity contribution in [2.45, 2.75) is 91.0 Å². The molecule has 1 fully saturated rings. The highest BCUT2D eigenvalue weighted by molar-refractivity contribution is 6.74. The van der Waals surface area contributed by atoms with Crippen LogP contribution in [-0.2, 0) is 9.22 Å². The standard InChI is InChI=1S/C22H36O2Si/c1-21(2,3)25(6,7)24-20-13-14-22(4,5)16-18(20)15-19(23)17-11-9-8-10-12-17/h9,11-12,15,20H,8,10,13-14,16H2,1-7H3/b18-15+. The van der Waals surface area contributed by atoms with E-state index in [0.29, 0.717) is 0 Å². The van der Waals surface area contributed by atoms with Crippen molar-refractivity contribution in [1.29, 1.82) is 0 Å². The van der Waals surface area contributed by atoms with E-state index in [4.69, 9.17) is 4.43 Å². The minimum absolute atomic E-state index is 0.103. The second-order valence-corrected chi connectivity index (χ2v) is 14.7. The Bertz CT molecular complexity index is 600. The largest absolute Gasteiger partial charge is 0.410 e. The van der Waals surface area contributed by atoms with Gasteiger partial charge in [0.15, 0.2) is 14.1 Å². The molecule has 3 heteroatoms. The highest BCUT2D eigenvalue weighted by Gasteiger charge is 2.42. The molecule has 2 nitrogen and oxygen atoms in total. The van der Waals surface area contributed by atoms with Crippen LogP contribution in [0.4, 0.5) is 0 Å². The van der Waals surface area contributed by atoms with Crippen molar-refractivity contribution >= 4 is 14.1 Å². The van der Waals surface area contributed by atoms with Gasteiger partial charge in [-0.3, -0.25) is 4.79 Å². The average molecular weight is 361 g/mol. The van der Waals surface area contributed by atoms with Crippen molar-refractivity contribution in [3.8, 4) is 0 Å². The molecule has 0 bridgehead atoms. The van der Waals surface area contributed by atoms with E-state index in [2.05, 4.69) is 59.9 Å². The lowest BCUT2D eigenvalue weighted by Gasteiger charge is -2.44. The van der Waals surface area contributed by atoms with E-state index in [9.17, 15) is 4.79 Å². The second-order valence-electron chi connectivity index (χ2n) is 9.97. The molecule has 1 unspecified atom stereocenters. The number of ketones is 1. The Hall–Kier alpha value is -0.933. The lowest BCUT2D eigenvalue weighted by atomic mass is 9.73. The fourth-order valence-corrected chi connectivity index (χ4v) is 4.65. The van der Waals surface area contributed by atoms with E-state index in [-0.39, 0.29) is 22.3 Å². The van der Waals surface area contributed by atoms with Crippen LogP contribution >= 0.6 is 0 Å². The van der Waals surface area contributed by atoms with Crippen molar-refractivity contribution in [2.24, 2.45) is 5.41 Å². The first-order valence-electron chi connectivity index (χ1n) is 9.71. The van der Waals surface area contributed by atoms with Gasteiger partial charge >= 0.3 is 0 Å². The molecule has 140 valence electrons. The molecule has 2 rings (SSSR count). The molecule has 0 N–H and O–H groups in total. The fourth-order valence-electron chi connectivity index (χ4n) is 3.32. The van der Waals surface area contributed by atoms with Gasteiger partial charge in [-0.1, -0.05) is 52.8 Å². The van der Waals surface area contributed by atoms with Gasteiger partial charge in [0.25, 0.3) is 0 Å². The van der Waals surface area contributed by atoms with Gasteiger partial charge in [-0.2, -0.15) is 0 Å². The van der Waals surface area contributed by atoms with Crippen LogP contribution < -0.4 is 0 Å². The summed E-state index contributed by atoms with van der Waals surface area (Å²) in [6.45, 7) is 16.0. The molecule has 1 atom stereocenters. The zero-order valence-electron chi connectivity index (χ0n) is 17.2. The summed E-state index contributed by atoms with van der Waals surface area (Å²) in [5.74, 6) is 0.146. The number of allylic oxidation sites excluding steroid dienone is 5. The zero-order chi connectivity index (χ0) is 18.9. The third-order valence-corrected chi connectivity index (χ3v) is 10.5. The van der Waals surface area contributed by atoms with Crippen LogP contribution in [0.2, 0.25) is 18.1 Å². The summed E-state index contributed by atoms with van der Waals surface area (Å²) in [4.78, 5) is 12.7. The Kier molecular flexibility index (Phi) is 6.00. The summed E-state index contributed by atoms with van der Waals surface area (Å²) in [6, 6.07) is 0. The van der Waals surface area contributed by atoms with Crippen molar-refractivity contribution in [2.75, 3.05) is 0 Å². The Balaban J connectivity index is 2.25. The second kappa shape index (κ2) is 7.36. The molecule has 0 saturated heterocycles. The number of hydrogen-bond donors (Lipinski definition) is 0. The third kappa shape index (κ3) is 5.27. The van der Waals surface area contributed by atoms with E-state index in [1.54, 1.807) is 0 Å². The van der Waals surface area contributed by atoms with Gasteiger partial charge in [-0.05, 0) is 67.3 Å². The van der Waals surface area contributed by atoms with Crippen LogP contribution in [0.25, 0.3) is 0 Å². The molecule has 0 heterocycles. The predicted molar refractivity (Wildman–Crippen MR) is 109 cm³/mol. The molecule has 0 radical (unpaired) electrons. The normalized spacial score (nSPS) is 25.8.